The van der Waals surface area contributed by atoms with E-state index in [1.54, 1.807) is 18.0 Å². The Bertz CT molecular complexity index is 560. The van der Waals surface area contributed by atoms with Crippen LogP contribution in [0.25, 0.3) is 0 Å². The van der Waals surface area contributed by atoms with Gasteiger partial charge in [0.1, 0.15) is 5.37 Å². The SMILES string of the molecule is CCOCCn1cc(NC2=NCC(N3CCNC3=O)S2)cn1. The third-order valence-electron chi connectivity index (χ3n) is 3.43. The van der Waals surface area contributed by atoms with Crippen LogP contribution in [-0.2, 0) is 11.3 Å². The Labute approximate surface area is 133 Å². The lowest BCUT2D eigenvalue weighted by Crippen LogP contribution is -2.36. The van der Waals surface area contributed by atoms with Gasteiger partial charge in [0.15, 0.2) is 5.17 Å². The van der Waals surface area contributed by atoms with E-state index in [2.05, 4.69) is 20.7 Å². The van der Waals surface area contributed by atoms with Gasteiger partial charge in [-0.2, -0.15) is 5.10 Å². The number of anilines is 1. The van der Waals surface area contributed by atoms with E-state index in [0.29, 0.717) is 26.3 Å². The normalized spacial score (nSPS) is 21.1. The third kappa shape index (κ3) is 3.53. The maximum absolute atomic E-state index is 11.7. The van der Waals surface area contributed by atoms with Crippen LogP contribution in [0.4, 0.5) is 10.5 Å². The predicted octanol–water partition coefficient (Wildman–Crippen LogP) is 0.786. The highest BCUT2D eigenvalue weighted by atomic mass is 32.2. The molecule has 0 saturated carbocycles. The monoisotopic (exact) mass is 324 g/mol. The first-order valence-corrected chi connectivity index (χ1v) is 8.27. The van der Waals surface area contributed by atoms with Gasteiger partial charge >= 0.3 is 6.03 Å². The molecule has 1 unspecified atom stereocenters. The molecule has 2 N–H and O–H groups in total. The van der Waals surface area contributed by atoms with E-state index >= 15 is 0 Å². The summed E-state index contributed by atoms with van der Waals surface area (Å²) < 4.78 is 7.15. The lowest BCUT2D eigenvalue weighted by molar-refractivity contribution is 0.136. The van der Waals surface area contributed by atoms with Gasteiger partial charge in [0.2, 0.25) is 0 Å². The molecule has 9 heteroatoms. The number of hydrogen-bond acceptors (Lipinski definition) is 6. The lowest BCUT2D eigenvalue weighted by Gasteiger charge is -2.20. The molecule has 0 radical (unpaired) electrons. The second kappa shape index (κ2) is 7.01. The number of aliphatic imine (C=N–C) groups is 1. The number of amides is 2. The zero-order valence-corrected chi connectivity index (χ0v) is 13.3. The molecular formula is C13H20N6O2S. The maximum Gasteiger partial charge on any atom is 0.318 e. The van der Waals surface area contributed by atoms with E-state index in [-0.39, 0.29) is 11.4 Å². The highest BCUT2D eigenvalue weighted by molar-refractivity contribution is 8.15. The summed E-state index contributed by atoms with van der Waals surface area (Å²) in [5, 5.41) is 11.2. The molecule has 1 atom stereocenters. The van der Waals surface area contributed by atoms with Gasteiger partial charge < -0.3 is 20.3 Å². The van der Waals surface area contributed by atoms with E-state index in [1.807, 2.05) is 22.7 Å². The molecule has 3 heterocycles. The Morgan fingerprint density at radius 3 is 3.27 bits per heavy atom. The van der Waals surface area contributed by atoms with Crippen molar-refractivity contribution in [1.82, 2.24) is 20.0 Å². The molecule has 8 nitrogen and oxygen atoms in total. The first-order chi connectivity index (χ1) is 10.8. The maximum atomic E-state index is 11.7. The minimum absolute atomic E-state index is 0.00214. The van der Waals surface area contributed by atoms with Crippen LogP contribution in [0.5, 0.6) is 0 Å². The van der Waals surface area contributed by atoms with Crippen LogP contribution in [0.1, 0.15) is 6.92 Å². The molecule has 1 aromatic rings. The minimum Gasteiger partial charge on any atom is -0.380 e. The largest absolute Gasteiger partial charge is 0.380 e. The summed E-state index contributed by atoms with van der Waals surface area (Å²) in [5.74, 6) is 0. The highest BCUT2D eigenvalue weighted by Crippen LogP contribution is 2.26. The standard InChI is InChI=1S/C13H20N6O2S/c1-2-21-6-5-18-9-10(7-16-18)17-12-15-8-11(22-12)19-4-3-14-13(19)20/h7,9,11H,2-6,8H2,1H3,(H,14,20)(H,15,17). The van der Waals surface area contributed by atoms with Gasteiger partial charge in [0.25, 0.3) is 0 Å². The van der Waals surface area contributed by atoms with Crippen LogP contribution < -0.4 is 10.6 Å². The molecule has 3 rings (SSSR count). The van der Waals surface area contributed by atoms with Crippen molar-refractivity contribution in [2.45, 2.75) is 18.8 Å². The van der Waals surface area contributed by atoms with Crippen molar-refractivity contribution in [2.75, 3.05) is 38.2 Å². The summed E-state index contributed by atoms with van der Waals surface area (Å²) in [7, 11) is 0. The van der Waals surface area contributed by atoms with Crippen LogP contribution in [0.2, 0.25) is 0 Å². The summed E-state index contributed by atoms with van der Waals surface area (Å²) >= 11 is 1.58. The van der Waals surface area contributed by atoms with Gasteiger partial charge in [-0.05, 0) is 6.92 Å². The van der Waals surface area contributed by atoms with Crippen molar-refractivity contribution in [2.24, 2.45) is 4.99 Å². The fraction of sp³-hybridized carbons (Fsp3) is 0.615. The Morgan fingerprint density at radius 2 is 2.50 bits per heavy atom. The lowest BCUT2D eigenvalue weighted by atomic mass is 10.5. The van der Waals surface area contributed by atoms with E-state index in [1.165, 1.54) is 0 Å². The molecule has 0 aromatic carbocycles. The zero-order valence-electron chi connectivity index (χ0n) is 12.5. The number of rotatable bonds is 6. The number of carbonyl (C=O) groups excluding carboxylic acids is 1. The first kappa shape index (κ1) is 15.2. The van der Waals surface area contributed by atoms with Crippen molar-refractivity contribution in [1.29, 1.82) is 0 Å². The second-order valence-electron chi connectivity index (χ2n) is 4.96. The molecule has 22 heavy (non-hydrogen) atoms. The van der Waals surface area contributed by atoms with Crippen LogP contribution in [0.3, 0.4) is 0 Å². The van der Waals surface area contributed by atoms with Crippen LogP contribution in [0, 0.1) is 0 Å². The molecule has 0 spiro atoms. The molecule has 2 aliphatic heterocycles. The molecule has 2 aliphatic rings. The van der Waals surface area contributed by atoms with E-state index < -0.39 is 0 Å². The summed E-state index contributed by atoms with van der Waals surface area (Å²) in [5.41, 5.74) is 0.897. The van der Waals surface area contributed by atoms with Gasteiger partial charge in [-0.25, -0.2) is 4.79 Å². The van der Waals surface area contributed by atoms with E-state index in [4.69, 9.17) is 4.74 Å². The van der Waals surface area contributed by atoms with Gasteiger partial charge in [-0.1, -0.05) is 11.8 Å². The number of nitrogens with zero attached hydrogens (tertiary/aromatic N) is 4. The van der Waals surface area contributed by atoms with E-state index in [9.17, 15) is 4.79 Å². The first-order valence-electron chi connectivity index (χ1n) is 7.39. The Hall–Kier alpha value is -1.74. The fourth-order valence-electron chi connectivity index (χ4n) is 2.33. The van der Waals surface area contributed by atoms with Crippen molar-refractivity contribution in [3.8, 4) is 0 Å². The topological polar surface area (TPSA) is 83.8 Å². The molecular weight excluding hydrogens is 304 g/mol. The zero-order chi connectivity index (χ0) is 15.4. The number of carbonyl (C=O) groups is 1. The summed E-state index contributed by atoms with van der Waals surface area (Å²) in [6, 6.07) is -0.00214. The predicted molar refractivity (Wildman–Crippen MR) is 86.1 cm³/mol. The summed E-state index contributed by atoms with van der Waals surface area (Å²) in [6.45, 7) is 6.15. The third-order valence-corrected chi connectivity index (χ3v) is 4.56. The van der Waals surface area contributed by atoms with Crippen molar-refractivity contribution in [3.05, 3.63) is 12.4 Å². The quantitative estimate of drug-likeness (QED) is 0.756. The molecule has 0 bridgehead atoms. The van der Waals surface area contributed by atoms with Crippen molar-refractivity contribution < 1.29 is 9.53 Å². The smallest absolute Gasteiger partial charge is 0.318 e. The van der Waals surface area contributed by atoms with Gasteiger partial charge in [-0.15, -0.1) is 0 Å². The minimum atomic E-state index is -0.00214. The van der Waals surface area contributed by atoms with Crippen molar-refractivity contribution in [3.63, 3.8) is 0 Å². The number of nitrogens with one attached hydrogen (secondary N) is 2. The second-order valence-corrected chi connectivity index (χ2v) is 6.12. The van der Waals surface area contributed by atoms with Gasteiger partial charge in [-0.3, -0.25) is 9.67 Å². The summed E-state index contributed by atoms with van der Waals surface area (Å²) in [4.78, 5) is 17.9. The molecule has 1 saturated heterocycles. The number of hydrogen-bond donors (Lipinski definition) is 2. The van der Waals surface area contributed by atoms with Crippen LogP contribution in [-0.4, -0.2) is 64.1 Å². The van der Waals surface area contributed by atoms with Crippen molar-refractivity contribution >= 4 is 28.6 Å². The van der Waals surface area contributed by atoms with Gasteiger partial charge in [0.05, 0.1) is 31.6 Å². The number of urea groups is 1. The molecule has 1 aromatic heterocycles. The molecule has 0 aliphatic carbocycles. The van der Waals surface area contributed by atoms with Crippen LogP contribution in [0.15, 0.2) is 17.4 Å². The van der Waals surface area contributed by atoms with Crippen LogP contribution >= 0.6 is 11.8 Å². The molecule has 120 valence electrons. The number of amidine groups is 1. The Kier molecular flexibility index (Phi) is 4.84. The average molecular weight is 324 g/mol. The number of thioether (sulfide) groups is 1. The summed E-state index contributed by atoms with van der Waals surface area (Å²) in [6.07, 6.45) is 3.70. The number of ether oxygens (including phenoxy) is 1. The Balaban J connectivity index is 1.49. The average Bonchev–Trinajstić information content (AvgIpc) is 3.21. The van der Waals surface area contributed by atoms with Gasteiger partial charge in [0, 0.05) is 25.9 Å². The molecule has 2 amide bonds. The fourth-order valence-corrected chi connectivity index (χ4v) is 3.39. The Morgan fingerprint density at radius 1 is 1.59 bits per heavy atom. The highest BCUT2D eigenvalue weighted by Gasteiger charge is 2.32. The van der Waals surface area contributed by atoms with E-state index in [0.717, 1.165) is 23.9 Å². The number of aromatic nitrogens is 2. The molecule has 1 fully saturated rings.